The molecule has 0 amide bonds. The van der Waals surface area contributed by atoms with Gasteiger partial charge >= 0.3 is 0 Å². The molecular formula is C9H9ClO3. The molecule has 0 heterocycles. The summed E-state index contributed by atoms with van der Waals surface area (Å²) in [7, 11) is 0. The maximum absolute atomic E-state index is 10.6. The quantitative estimate of drug-likeness (QED) is 0.684. The van der Waals surface area contributed by atoms with Crippen LogP contribution in [0.1, 0.15) is 21.5 Å². The highest BCUT2D eigenvalue weighted by Gasteiger charge is 2.16. The lowest BCUT2D eigenvalue weighted by Crippen LogP contribution is -1.92. The molecule has 3 nitrogen and oxygen atoms in total. The van der Waals surface area contributed by atoms with E-state index in [1.54, 1.807) is 6.92 Å². The van der Waals surface area contributed by atoms with Crippen LogP contribution in [-0.4, -0.2) is 16.5 Å². The molecule has 0 saturated heterocycles. The van der Waals surface area contributed by atoms with E-state index in [1.807, 2.05) is 0 Å². The van der Waals surface area contributed by atoms with Gasteiger partial charge in [0.15, 0.2) is 6.29 Å². The summed E-state index contributed by atoms with van der Waals surface area (Å²) in [6.07, 6.45) is 0.517. The fourth-order valence-corrected chi connectivity index (χ4v) is 1.34. The van der Waals surface area contributed by atoms with Gasteiger partial charge in [-0.05, 0) is 19.4 Å². The summed E-state index contributed by atoms with van der Waals surface area (Å²) < 4.78 is 0. The third-order valence-corrected chi connectivity index (χ3v) is 2.49. The van der Waals surface area contributed by atoms with Gasteiger partial charge in [-0.2, -0.15) is 0 Å². The third kappa shape index (κ3) is 1.35. The second-order valence-corrected chi connectivity index (χ2v) is 3.17. The van der Waals surface area contributed by atoms with Crippen LogP contribution in [0, 0.1) is 13.8 Å². The van der Waals surface area contributed by atoms with Crippen molar-refractivity contribution in [2.45, 2.75) is 13.8 Å². The molecule has 0 atom stereocenters. The van der Waals surface area contributed by atoms with Crippen LogP contribution in [0.4, 0.5) is 0 Å². The first-order chi connectivity index (χ1) is 6.00. The van der Waals surface area contributed by atoms with E-state index >= 15 is 0 Å². The van der Waals surface area contributed by atoms with E-state index in [-0.39, 0.29) is 27.6 Å². The van der Waals surface area contributed by atoms with Crippen LogP contribution in [0.2, 0.25) is 5.02 Å². The van der Waals surface area contributed by atoms with Crippen molar-refractivity contribution in [3.05, 3.63) is 21.7 Å². The molecule has 0 unspecified atom stereocenters. The lowest BCUT2D eigenvalue weighted by molar-refractivity contribution is 0.112. The molecule has 0 bridgehead atoms. The van der Waals surface area contributed by atoms with Crippen LogP contribution in [-0.2, 0) is 0 Å². The van der Waals surface area contributed by atoms with E-state index in [1.165, 1.54) is 6.92 Å². The number of hydrogen-bond acceptors (Lipinski definition) is 3. The molecule has 0 fully saturated rings. The number of aromatic hydroxyl groups is 2. The molecule has 0 aromatic heterocycles. The van der Waals surface area contributed by atoms with Gasteiger partial charge in [0, 0.05) is 5.56 Å². The van der Waals surface area contributed by atoms with E-state index in [9.17, 15) is 15.0 Å². The zero-order valence-corrected chi connectivity index (χ0v) is 8.01. The molecule has 0 aliphatic rings. The molecule has 0 aliphatic heterocycles. The molecule has 0 aliphatic carbocycles. The summed E-state index contributed by atoms with van der Waals surface area (Å²) >= 11 is 5.72. The van der Waals surface area contributed by atoms with Crippen LogP contribution < -0.4 is 0 Å². The van der Waals surface area contributed by atoms with Gasteiger partial charge in [0.1, 0.15) is 11.5 Å². The minimum atomic E-state index is -0.214. The van der Waals surface area contributed by atoms with Crippen molar-refractivity contribution in [3.8, 4) is 11.5 Å². The first-order valence-corrected chi connectivity index (χ1v) is 4.04. The number of carbonyl (C=O) groups is 1. The second kappa shape index (κ2) is 3.26. The summed E-state index contributed by atoms with van der Waals surface area (Å²) in [6, 6.07) is 0. The standard InChI is InChI=1S/C9H9ClO3/c1-4-6(3-11)8(12)5(2)9(13)7(4)10/h3,12-13H,1-2H3. The van der Waals surface area contributed by atoms with Gasteiger partial charge in [0.2, 0.25) is 0 Å². The molecule has 1 aromatic carbocycles. The van der Waals surface area contributed by atoms with E-state index in [4.69, 9.17) is 11.6 Å². The maximum Gasteiger partial charge on any atom is 0.154 e. The van der Waals surface area contributed by atoms with Crippen molar-refractivity contribution in [1.29, 1.82) is 0 Å². The number of carbonyl (C=O) groups excluding carboxylic acids is 1. The Morgan fingerprint density at radius 3 is 2.15 bits per heavy atom. The zero-order chi connectivity index (χ0) is 10.2. The van der Waals surface area contributed by atoms with E-state index in [0.717, 1.165) is 0 Å². The lowest BCUT2D eigenvalue weighted by Gasteiger charge is -2.10. The average Bonchev–Trinajstić information content (AvgIpc) is 2.13. The number of phenols is 2. The second-order valence-electron chi connectivity index (χ2n) is 2.79. The fourth-order valence-electron chi connectivity index (χ4n) is 1.10. The zero-order valence-electron chi connectivity index (χ0n) is 7.26. The number of benzene rings is 1. The largest absolute Gasteiger partial charge is 0.507 e. The van der Waals surface area contributed by atoms with Crippen LogP contribution in [0.3, 0.4) is 0 Å². The number of rotatable bonds is 1. The lowest BCUT2D eigenvalue weighted by atomic mass is 10.0. The summed E-state index contributed by atoms with van der Waals surface area (Å²) in [5, 5.41) is 18.9. The average molecular weight is 201 g/mol. The summed E-state index contributed by atoms with van der Waals surface area (Å²) in [4.78, 5) is 10.6. The molecule has 70 valence electrons. The summed E-state index contributed by atoms with van der Waals surface area (Å²) in [5.41, 5.74) is 0.732. The highest BCUT2D eigenvalue weighted by atomic mass is 35.5. The molecule has 13 heavy (non-hydrogen) atoms. The van der Waals surface area contributed by atoms with E-state index in [2.05, 4.69) is 0 Å². The molecule has 0 spiro atoms. The topological polar surface area (TPSA) is 57.5 Å². The minimum Gasteiger partial charge on any atom is -0.507 e. The monoisotopic (exact) mass is 200 g/mol. The Morgan fingerprint density at radius 1 is 1.15 bits per heavy atom. The first-order valence-electron chi connectivity index (χ1n) is 3.66. The third-order valence-electron chi connectivity index (χ3n) is 2.02. The first kappa shape index (κ1) is 9.86. The maximum atomic E-state index is 10.6. The molecule has 0 radical (unpaired) electrons. The number of hydrogen-bond donors (Lipinski definition) is 2. The molecular weight excluding hydrogens is 192 g/mol. The van der Waals surface area contributed by atoms with Gasteiger partial charge in [0.05, 0.1) is 10.6 Å². The molecule has 1 rings (SSSR count). The van der Waals surface area contributed by atoms with E-state index < -0.39 is 0 Å². The van der Waals surface area contributed by atoms with Crippen molar-refractivity contribution in [2.75, 3.05) is 0 Å². The van der Waals surface area contributed by atoms with Gasteiger partial charge in [-0.15, -0.1) is 0 Å². The smallest absolute Gasteiger partial charge is 0.154 e. The van der Waals surface area contributed by atoms with Crippen molar-refractivity contribution in [2.24, 2.45) is 0 Å². The van der Waals surface area contributed by atoms with Crippen molar-refractivity contribution in [3.63, 3.8) is 0 Å². The number of halogens is 1. The normalized spacial score (nSPS) is 10.1. The van der Waals surface area contributed by atoms with Crippen LogP contribution in [0.15, 0.2) is 0 Å². The highest BCUT2D eigenvalue weighted by molar-refractivity contribution is 6.33. The van der Waals surface area contributed by atoms with Crippen molar-refractivity contribution >= 4 is 17.9 Å². The molecule has 1 aromatic rings. The number of phenolic OH excluding ortho intramolecular Hbond substituents is 2. The van der Waals surface area contributed by atoms with Gasteiger partial charge in [0.25, 0.3) is 0 Å². The van der Waals surface area contributed by atoms with Crippen molar-refractivity contribution < 1.29 is 15.0 Å². The van der Waals surface area contributed by atoms with Gasteiger partial charge in [-0.3, -0.25) is 4.79 Å². The molecule has 0 saturated carbocycles. The Balaban J connectivity index is 3.66. The Hall–Kier alpha value is -1.22. The van der Waals surface area contributed by atoms with E-state index in [0.29, 0.717) is 11.8 Å². The van der Waals surface area contributed by atoms with Crippen LogP contribution >= 0.6 is 11.6 Å². The molecule has 2 N–H and O–H groups in total. The van der Waals surface area contributed by atoms with Crippen LogP contribution in [0.5, 0.6) is 11.5 Å². The van der Waals surface area contributed by atoms with Gasteiger partial charge < -0.3 is 10.2 Å². The Kier molecular flexibility index (Phi) is 2.48. The van der Waals surface area contributed by atoms with Crippen molar-refractivity contribution in [1.82, 2.24) is 0 Å². The Labute approximate surface area is 80.6 Å². The SMILES string of the molecule is Cc1c(O)c(Cl)c(C)c(C=O)c1O. The van der Waals surface area contributed by atoms with Gasteiger partial charge in [-0.25, -0.2) is 0 Å². The highest BCUT2D eigenvalue weighted by Crippen LogP contribution is 2.38. The Morgan fingerprint density at radius 2 is 1.69 bits per heavy atom. The summed E-state index contributed by atoms with van der Waals surface area (Å²) in [6.45, 7) is 3.05. The predicted molar refractivity (Wildman–Crippen MR) is 49.6 cm³/mol. The fraction of sp³-hybridized carbons (Fsp3) is 0.222. The predicted octanol–water partition coefficient (Wildman–Crippen LogP) is 2.18. The molecule has 4 heteroatoms. The Bertz CT molecular complexity index is 343. The summed E-state index contributed by atoms with van der Waals surface area (Å²) in [5.74, 6) is -0.392. The minimum absolute atomic E-state index is 0.109. The van der Waals surface area contributed by atoms with Crippen LogP contribution in [0.25, 0.3) is 0 Å². The van der Waals surface area contributed by atoms with Gasteiger partial charge in [-0.1, -0.05) is 11.6 Å². The number of aldehydes is 1.